The van der Waals surface area contributed by atoms with Gasteiger partial charge in [-0.2, -0.15) is 0 Å². The third-order valence-electron chi connectivity index (χ3n) is 9.73. The number of unbranched alkanes of at least 4 members (excludes halogenated alkanes) is 1. The lowest BCUT2D eigenvalue weighted by molar-refractivity contribution is -0.143. The summed E-state index contributed by atoms with van der Waals surface area (Å²) in [6, 6.07) is 1.09. The van der Waals surface area contributed by atoms with Crippen LogP contribution in [0.25, 0.3) is 0 Å². The molecule has 4 aliphatic rings. The molecule has 4 aliphatic heterocycles. The van der Waals surface area contributed by atoms with Gasteiger partial charge >= 0.3 is 5.97 Å². The molecule has 9 nitrogen and oxygen atoms in total. The molecule has 0 saturated carbocycles. The second-order valence-corrected chi connectivity index (χ2v) is 13.3. The average molecular weight is 560 g/mol. The molecule has 0 amide bonds. The Balaban J connectivity index is 1.33. The van der Waals surface area contributed by atoms with Crippen molar-refractivity contribution in [3.8, 4) is 11.8 Å². The zero-order valence-electron chi connectivity index (χ0n) is 24.7. The van der Waals surface area contributed by atoms with E-state index >= 15 is 0 Å². The van der Waals surface area contributed by atoms with E-state index in [1.807, 2.05) is 6.21 Å². The first-order valence-corrected chi connectivity index (χ1v) is 15.7. The third-order valence-corrected chi connectivity index (χ3v) is 9.73. The number of piperidine rings is 2. The molecular formula is C31H53N5O4. The highest BCUT2D eigenvalue weighted by Gasteiger charge is 2.38. The van der Waals surface area contributed by atoms with Crippen molar-refractivity contribution < 1.29 is 20.1 Å². The molecule has 2 fully saturated rings. The molecule has 0 radical (unpaired) electrons. The predicted octanol–water partition coefficient (Wildman–Crippen LogP) is 2.26. The molecule has 2 saturated heterocycles. The predicted molar refractivity (Wildman–Crippen MR) is 158 cm³/mol. The van der Waals surface area contributed by atoms with E-state index in [-0.39, 0.29) is 24.1 Å². The molecule has 0 unspecified atom stereocenters. The first kappa shape index (κ1) is 31.4. The monoisotopic (exact) mass is 559 g/mol. The van der Waals surface area contributed by atoms with Crippen molar-refractivity contribution >= 4 is 12.2 Å². The highest BCUT2D eigenvalue weighted by Crippen LogP contribution is 2.28. The summed E-state index contributed by atoms with van der Waals surface area (Å²) >= 11 is 0. The SMILES string of the molecule is C[C@@H]1N[C@H](CCCC[C@H]2C#CC[C@@H]3C[C@@](C)(CCN3)NC[C@](O)(CC(=O)O)CCCC2)[C@@H](N2CC=NC2)C[C@H]1O. The number of hydrogen-bond acceptors (Lipinski definition) is 8. The van der Waals surface area contributed by atoms with Crippen molar-refractivity contribution in [3.63, 3.8) is 0 Å². The van der Waals surface area contributed by atoms with Crippen molar-refractivity contribution in [1.82, 2.24) is 20.9 Å². The fraction of sp³-hybridized carbons (Fsp3) is 0.871. The van der Waals surface area contributed by atoms with Gasteiger partial charge in [-0.3, -0.25) is 14.7 Å². The fourth-order valence-corrected chi connectivity index (χ4v) is 7.17. The van der Waals surface area contributed by atoms with Gasteiger partial charge in [-0.05, 0) is 65.3 Å². The van der Waals surface area contributed by atoms with Gasteiger partial charge in [0, 0.05) is 61.3 Å². The highest BCUT2D eigenvalue weighted by atomic mass is 16.4. The van der Waals surface area contributed by atoms with Crippen LogP contribution < -0.4 is 16.0 Å². The molecule has 9 heteroatoms. The first-order chi connectivity index (χ1) is 19.1. The average Bonchev–Trinajstić information content (AvgIpc) is 3.44. The number of carboxylic acids is 1. The number of nitrogens with one attached hydrogen (secondary N) is 3. The minimum Gasteiger partial charge on any atom is -0.481 e. The standard InChI is InChI=1S/C31H53N5O4/c1-23-28(37)18-27(36-17-16-32-22-36)26(35-23)12-4-3-8-24-9-5-6-13-31(40,20-29(38)39)21-34-30(2)14-15-33-25(19-30)11-7-10-24/h16,23-28,33-35,37,40H,3-6,8-9,11-15,17-22H2,1-2H3,(H,38,39)/t23-,24+,25+,26+,27-,28+,30+,31+/m0/s1. The molecular weight excluding hydrogens is 506 g/mol. The van der Waals surface area contributed by atoms with Gasteiger partial charge in [0.05, 0.1) is 24.8 Å². The van der Waals surface area contributed by atoms with Gasteiger partial charge in [-0.25, -0.2) is 0 Å². The molecule has 0 aromatic heterocycles. The highest BCUT2D eigenvalue weighted by molar-refractivity contribution is 5.68. The van der Waals surface area contributed by atoms with Crippen LogP contribution in [0.3, 0.4) is 0 Å². The third kappa shape index (κ3) is 9.23. The number of nitrogens with zero attached hydrogens (tertiary/aromatic N) is 2. The Morgan fingerprint density at radius 2 is 2.05 bits per heavy atom. The second-order valence-electron chi connectivity index (χ2n) is 13.3. The Kier molecular flexibility index (Phi) is 11.4. The number of aliphatic carboxylic acids is 1. The Labute approximate surface area is 241 Å². The normalized spacial score (nSPS) is 39.7. The Hall–Kier alpha value is -1.54. The summed E-state index contributed by atoms with van der Waals surface area (Å²) in [5, 5.41) is 42.0. The van der Waals surface area contributed by atoms with Gasteiger partial charge in [0.25, 0.3) is 0 Å². The topological polar surface area (TPSA) is 129 Å². The van der Waals surface area contributed by atoms with Crippen molar-refractivity contribution in [2.75, 3.05) is 26.3 Å². The quantitative estimate of drug-likeness (QED) is 0.197. The summed E-state index contributed by atoms with van der Waals surface area (Å²) in [5.41, 5.74) is -1.36. The van der Waals surface area contributed by atoms with E-state index < -0.39 is 11.6 Å². The maximum absolute atomic E-state index is 11.5. The zero-order chi connectivity index (χ0) is 28.6. The summed E-state index contributed by atoms with van der Waals surface area (Å²) in [4.78, 5) is 18.3. The van der Waals surface area contributed by atoms with Crippen LogP contribution in [0.2, 0.25) is 0 Å². The molecule has 6 N–H and O–H groups in total. The van der Waals surface area contributed by atoms with Crippen molar-refractivity contribution in [3.05, 3.63) is 0 Å². The Morgan fingerprint density at radius 1 is 1.23 bits per heavy atom. The molecule has 2 bridgehead atoms. The lowest BCUT2D eigenvalue weighted by Gasteiger charge is -2.43. The number of hydrogen-bond donors (Lipinski definition) is 6. The van der Waals surface area contributed by atoms with Crippen LogP contribution in [-0.4, -0.2) is 100 Å². The van der Waals surface area contributed by atoms with Crippen LogP contribution in [0.5, 0.6) is 0 Å². The van der Waals surface area contributed by atoms with Crippen LogP contribution >= 0.6 is 0 Å². The van der Waals surface area contributed by atoms with Gasteiger partial charge in [0.1, 0.15) is 0 Å². The number of carboxylic acid groups (broad SMARTS) is 1. The van der Waals surface area contributed by atoms with Crippen molar-refractivity contribution in [2.24, 2.45) is 10.9 Å². The van der Waals surface area contributed by atoms with Gasteiger partial charge in [-0.1, -0.05) is 31.6 Å². The molecule has 0 aliphatic carbocycles. The van der Waals surface area contributed by atoms with E-state index in [0.29, 0.717) is 37.0 Å². The smallest absolute Gasteiger partial charge is 0.306 e. The van der Waals surface area contributed by atoms with Crippen LogP contribution in [0.1, 0.15) is 97.3 Å². The summed E-state index contributed by atoms with van der Waals surface area (Å²) in [6.45, 7) is 7.08. The summed E-state index contributed by atoms with van der Waals surface area (Å²) in [7, 11) is 0. The van der Waals surface area contributed by atoms with Crippen LogP contribution in [0.4, 0.5) is 0 Å². The molecule has 4 heterocycles. The van der Waals surface area contributed by atoms with Gasteiger partial charge in [0.15, 0.2) is 0 Å². The molecule has 226 valence electrons. The summed E-state index contributed by atoms with van der Waals surface area (Å²) < 4.78 is 0. The largest absolute Gasteiger partial charge is 0.481 e. The number of aliphatic hydroxyl groups is 2. The molecule has 8 atom stereocenters. The number of carbonyl (C=O) groups is 1. The Morgan fingerprint density at radius 3 is 2.83 bits per heavy atom. The van der Waals surface area contributed by atoms with Gasteiger partial charge < -0.3 is 31.3 Å². The zero-order valence-corrected chi connectivity index (χ0v) is 24.7. The van der Waals surface area contributed by atoms with Crippen molar-refractivity contribution in [1.29, 1.82) is 0 Å². The second kappa shape index (κ2) is 14.6. The molecule has 0 spiro atoms. The summed E-state index contributed by atoms with van der Waals surface area (Å²) in [6.07, 6.45) is 12.5. The number of β-amino-alcohol motifs (C(OH)–C–C–N with tert-alkyl or cyclic N) is 1. The minimum absolute atomic E-state index is 0.112. The molecule has 0 aromatic carbocycles. The summed E-state index contributed by atoms with van der Waals surface area (Å²) in [5.74, 6) is 6.51. The van der Waals surface area contributed by atoms with E-state index in [4.69, 9.17) is 0 Å². The van der Waals surface area contributed by atoms with E-state index in [1.165, 1.54) is 0 Å². The number of aliphatic hydroxyl groups excluding tert-OH is 1. The molecule has 0 aromatic rings. The van der Waals surface area contributed by atoms with E-state index in [0.717, 1.165) is 90.4 Å². The minimum atomic E-state index is -1.23. The fourth-order valence-electron chi connectivity index (χ4n) is 7.17. The number of fused-ring (bicyclic) bond motifs is 2. The van der Waals surface area contributed by atoms with Crippen molar-refractivity contribution in [2.45, 2.75) is 139 Å². The lowest BCUT2D eigenvalue weighted by Crippen LogP contribution is -2.60. The van der Waals surface area contributed by atoms with Crippen LogP contribution in [0, 0.1) is 17.8 Å². The van der Waals surface area contributed by atoms with Crippen LogP contribution in [0.15, 0.2) is 4.99 Å². The maximum Gasteiger partial charge on any atom is 0.306 e. The van der Waals surface area contributed by atoms with Gasteiger partial charge in [-0.15, -0.1) is 5.92 Å². The van der Waals surface area contributed by atoms with Gasteiger partial charge in [0.2, 0.25) is 0 Å². The number of rotatable bonds is 8. The van der Waals surface area contributed by atoms with E-state index in [1.54, 1.807) is 0 Å². The van der Waals surface area contributed by atoms with E-state index in [2.05, 4.69) is 51.5 Å². The Bertz CT molecular complexity index is 913. The van der Waals surface area contributed by atoms with E-state index in [9.17, 15) is 20.1 Å². The maximum atomic E-state index is 11.5. The molecule has 40 heavy (non-hydrogen) atoms. The lowest BCUT2D eigenvalue weighted by atomic mass is 9.82. The van der Waals surface area contributed by atoms with Crippen LogP contribution in [-0.2, 0) is 4.79 Å². The molecule has 4 rings (SSSR count). The first-order valence-electron chi connectivity index (χ1n) is 15.7. The number of aliphatic imine (C=N–C) groups is 1.